The van der Waals surface area contributed by atoms with E-state index < -0.39 is 0 Å². The summed E-state index contributed by atoms with van der Waals surface area (Å²) in [7, 11) is 0. The van der Waals surface area contributed by atoms with E-state index in [1.807, 2.05) is 31.2 Å². The molecule has 2 rings (SSSR count). The molecule has 1 heterocycles. The number of rotatable bonds is 1. The third kappa shape index (κ3) is 1.31. The Labute approximate surface area is 81.6 Å². The highest BCUT2D eigenvalue weighted by atomic mass is 15.4. The molecule has 0 aliphatic heterocycles. The van der Waals surface area contributed by atoms with E-state index in [0.717, 1.165) is 16.9 Å². The van der Waals surface area contributed by atoms with Crippen molar-refractivity contribution < 1.29 is 0 Å². The number of hydrogen-bond acceptors (Lipinski definition) is 3. The van der Waals surface area contributed by atoms with Gasteiger partial charge in [0, 0.05) is 6.20 Å². The average Bonchev–Trinajstić information content (AvgIpc) is 2.61. The van der Waals surface area contributed by atoms with Crippen LogP contribution >= 0.6 is 0 Å². The summed E-state index contributed by atoms with van der Waals surface area (Å²) in [5, 5.41) is 8.02. The van der Waals surface area contributed by atoms with E-state index in [2.05, 4.69) is 21.9 Å². The molecule has 0 amide bonds. The van der Waals surface area contributed by atoms with Gasteiger partial charge in [-0.1, -0.05) is 23.9 Å². The summed E-state index contributed by atoms with van der Waals surface area (Å²) in [5.41, 5.74) is 1.82. The van der Waals surface area contributed by atoms with Crippen molar-refractivity contribution in [2.45, 2.75) is 6.92 Å². The molecule has 0 atom stereocenters. The fourth-order valence-corrected chi connectivity index (χ4v) is 1.29. The summed E-state index contributed by atoms with van der Waals surface area (Å²) in [6.45, 7) is 5.41. The Kier molecular flexibility index (Phi) is 2.10. The van der Waals surface area contributed by atoms with E-state index in [-0.39, 0.29) is 0 Å². The maximum Gasteiger partial charge on any atom is 0.129 e. The van der Waals surface area contributed by atoms with Gasteiger partial charge in [-0.2, -0.15) is 4.68 Å². The molecule has 0 saturated heterocycles. The van der Waals surface area contributed by atoms with Crippen LogP contribution in [-0.2, 0) is 0 Å². The molecule has 70 valence electrons. The minimum Gasteiger partial charge on any atom is -0.242 e. The molecule has 0 N–H and O–H groups in total. The molecule has 0 unspecified atom stereocenters. The van der Waals surface area contributed by atoms with Gasteiger partial charge in [0.1, 0.15) is 11.4 Å². The third-order valence-electron chi connectivity index (χ3n) is 1.94. The zero-order valence-corrected chi connectivity index (χ0v) is 7.88. The van der Waals surface area contributed by atoms with Crippen LogP contribution in [0.15, 0.2) is 42.0 Å². The second-order valence-corrected chi connectivity index (χ2v) is 2.85. The van der Waals surface area contributed by atoms with Crippen molar-refractivity contribution in [3.63, 3.8) is 0 Å². The molecule has 0 spiro atoms. The second-order valence-electron chi connectivity index (χ2n) is 2.85. The van der Waals surface area contributed by atoms with Crippen LogP contribution in [0.4, 0.5) is 0 Å². The van der Waals surface area contributed by atoms with Gasteiger partial charge in [0.15, 0.2) is 0 Å². The highest BCUT2D eigenvalue weighted by Crippen LogP contribution is 2.09. The van der Waals surface area contributed by atoms with Crippen LogP contribution in [0.25, 0.3) is 11.0 Å². The Hall–Kier alpha value is -1.97. The fraction of sp³-hybridized carbons (Fsp3) is 0.100. The molecule has 0 fully saturated rings. The number of aliphatic imine (C=N–C) groups is 1. The summed E-state index contributed by atoms with van der Waals surface area (Å²) in [4.78, 5) is 4.06. The molecular formula is C10H10N4. The Bertz CT molecular complexity index is 496. The molecule has 0 bridgehead atoms. The first-order valence-corrected chi connectivity index (χ1v) is 4.29. The van der Waals surface area contributed by atoms with Crippen LogP contribution in [0.1, 0.15) is 6.92 Å². The summed E-state index contributed by atoms with van der Waals surface area (Å²) < 4.78 is 1.69. The Morgan fingerprint density at radius 2 is 2.29 bits per heavy atom. The monoisotopic (exact) mass is 186 g/mol. The van der Waals surface area contributed by atoms with Crippen LogP contribution in [-0.4, -0.2) is 20.8 Å². The lowest BCUT2D eigenvalue weighted by atomic mass is 10.3. The minimum absolute atomic E-state index is 0.758. The van der Waals surface area contributed by atoms with Gasteiger partial charge in [-0.15, -0.1) is 5.10 Å². The molecule has 0 aliphatic carbocycles. The summed E-state index contributed by atoms with van der Waals surface area (Å²) >= 11 is 0. The predicted octanol–water partition coefficient (Wildman–Crippen LogP) is 1.84. The number of nitrogens with zero attached hydrogens (tertiary/aromatic N) is 4. The summed E-state index contributed by atoms with van der Waals surface area (Å²) in [6.07, 6.45) is 1.49. The lowest BCUT2D eigenvalue weighted by Gasteiger charge is -1.98. The molecule has 4 nitrogen and oxygen atoms in total. The Balaban J connectivity index is 2.64. The normalized spacial score (nSPS) is 11.9. The highest BCUT2D eigenvalue weighted by Gasteiger charge is 2.04. The SMILES string of the molecule is C=CN=C(C)n1nnc2ccccc21. The first-order valence-electron chi connectivity index (χ1n) is 4.29. The molecule has 0 aliphatic rings. The molecule has 0 saturated carbocycles. The second kappa shape index (κ2) is 3.41. The molecular weight excluding hydrogens is 176 g/mol. The van der Waals surface area contributed by atoms with Crippen molar-refractivity contribution in [2.24, 2.45) is 4.99 Å². The first-order chi connectivity index (χ1) is 6.83. The van der Waals surface area contributed by atoms with E-state index in [1.54, 1.807) is 4.68 Å². The number of benzene rings is 1. The van der Waals surface area contributed by atoms with Gasteiger partial charge >= 0.3 is 0 Å². The number of para-hydroxylation sites is 1. The van der Waals surface area contributed by atoms with Gasteiger partial charge in [-0.05, 0) is 19.1 Å². The van der Waals surface area contributed by atoms with E-state index in [1.165, 1.54) is 6.20 Å². The van der Waals surface area contributed by atoms with E-state index >= 15 is 0 Å². The quantitative estimate of drug-likeness (QED) is 0.503. The van der Waals surface area contributed by atoms with Gasteiger partial charge in [0.2, 0.25) is 0 Å². The van der Waals surface area contributed by atoms with Gasteiger partial charge in [0.25, 0.3) is 0 Å². The van der Waals surface area contributed by atoms with Crippen molar-refractivity contribution in [2.75, 3.05) is 0 Å². The molecule has 14 heavy (non-hydrogen) atoms. The van der Waals surface area contributed by atoms with Crippen molar-refractivity contribution in [1.82, 2.24) is 15.0 Å². The maximum absolute atomic E-state index is 4.06. The molecule has 2 aromatic rings. The van der Waals surface area contributed by atoms with Crippen LogP contribution in [0.2, 0.25) is 0 Å². The summed E-state index contributed by atoms with van der Waals surface area (Å²) in [5.74, 6) is 0.758. The van der Waals surface area contributed by atoms with Gasteiger partial charge in [0.05, 0.1) is 5.52 Å². The lowest BCUT2D eigenvalue weighted by molar-refractivity contribution is 0.857. The first kappa shape index (κ1) is 8.62. The van der Waals surface area contributed by atoms with Crippen molar-refractivity contribution >= 4 is 16.9 Å². The van der Waals surface area contributed by atoms with Crippen molar-refractivity contribution in [1.29, 1.82) is 0 Å². The molecule has 0 radical (unpaired) electrons. The fourth-order valence-electron chi connectivity index (χ4n) is 1.29. The topological polar surface area (TPSA) is 43.1 Å². The smallest absolute Gasteiger partial charge is 0.129 e. The maximum atomic E-state index is 4.06. The standard InChI is InChI=1S/C10H10N4/c1-3-11-8(2)14-10-7-5-4-6-9(10)12-13-14/h3-7H,1H2,2H3. The number of aromatic nitrogens is 3. The lowest BCUT2D eigenvalue weighted by Crippen LogP contribution is -2.08. The van der Waals surface area contributed by atoms with E-state index in [0.29, 0.717) is 0 Å². The Morgan fingerprint density at radius 1 is 1.50 bits per heavy atom. The highest BCUT2D eigenvalue weighted by molar-refractivity contribution is 5.90. The van der Waals surface area contributed by atoms with Gasteiger partial charge in [-0.25, -0.2) is 4.99 Å². The van der Waals surface area contributed by atoms with Gasteiger partial charge in [-0.3, -0.25) is 0 Å². The van der Waals surface area contributed by atoms with E-state index in [4.69, 9.17) is 0 Å². The average molecular weight is 186 g/mol. The molecule has 4 heteroatoms. The minimum atomic E-state index is 0.758. The van der Waals surface area contributed by atoms with Crippen LogP contribution in [0, 0.1) is 0 Å². The van der Waals surface area contributed by atoms with Gasteiger partial charge < -0.3 is 0 Å². The number of fused-ring (bicyclic) bond motifs is 1. The zero-order chi connectivity index (χ0) is 9.97. The largest absolute Gasteiger partial charge is 0.242 e. The molecule has 1 aromatic carbocycles. The third-order valence-corrected chi connectivity index (χ3v) is 1.94. The van der Waals surface area contributed by atoms with Crippen LogP contribution in [0.5, 0.6) is 0 Å². The van der Waals surface area contributed by atoms with E-state index in [9.17, 15) is 0 Å². The van der Waals surface area contributed by atoms with Crippen molar-refractivity contribution in [3.8, 4) is 0 Å². The van der Waals surface area contributed by atoms with Crippen LogP contribution < -0.4 is 0 Å². The van der Waals surface area contributed by atoms with Crippen LogP contribution in [0.3, 0.4) is 0 Å². The van der Waals surface area contributed by atoms with Crippen molar-refractivity contribution in [3.05, 3.63) is 37.0 Å². The summed E-state index contributed by atoms with van der Waals surface area (Å²) in [6, 6.07) is 7.75. The molecule has 1 aromatic heterocycles. The zero-order valence-electron chi connectivity index (χ0n) is 7.88. The predicted molar refractivity (Wildman–Crippen MR) is 56.2 cm³/mol. The Morgan fingerprint density at radius 3 is 3.07 bits per heavy atom. The number of hydrogen-bond donors (Lipinski definition) is 0.